The highest BCUT2D eigenvalue weighted by Gasteiger charge is 2.75. The van der Waals surface area contributed by atoms with Gasteiger partial charge < -0.3 is 32.2 Å². The summed E-state index contributed by atoms with van der Waals surface area (Å²) in [7, 11) is 0.975. The Bertz CT molecular complexity index is 367. The minimum Gasteiger partial charge on any atom is -0.374 e. The lowest BCUT2D eigenvalue weighted by molar-refractivity contribution is -0.411. The van der Waals surface area contributed by atoms with Crippen molar-refractivity contribution >= 4 is 8.80 Å². The van der Waals surface area contributed by atoms with Gasteiger partial charge in [0.05, 0.1) is 24.4 Å². The highest BCUT2D eigenvalue weighted by Crippen LogP contribution is 2.44. The van der Waals surface area contributed by atoms with Crippen LogP contribution in [-0.4, -0.2) is 65.7 Å². The largest absolute Gasteiger partial charge is 0.569 e. The molecule has 0 rings (SSSR count). The molecular formula is C18H40O7Si. The van der Waals surface area contributed by atoms with Gasteiger partial charge in [-0.15, -0.1) is 0 Å². The van der Waals surface area contributed by atoms with Gasteiger partial charge >= 0.3 is 8.80 Å². The molecule has 158 valence electrons. The minimum absolute atomic E-state index is 0.165. The Morgan fingerprint density at radius 2 is 0.808 bits per heavy atom. The molecule has 26 heavy (non-hydrogen) atoms. The minimum atomic E-state index is -3.59. The summed E-state index contributed by atoms with van der Waals surface area (Å²) in [5, 5.41) is 0. The summed E-state index contributed by atoms with van der Waals surface area (Å²) in [6.45, 7) is 17.1. The Labute approximate surface area is 160 Å². The van der Waals surface area contributed by atoms with Crippen molar-refractivity contribution in [2.24, 2.45) is 0 Å². The average Bonchev–Trinajstić information content (AvgIpc) is 2.46. The SMILES string of the molecule is CO[Si](OC)(OC)C(OC(C)C)(OC(C)C)C(C)(OC(C)C)OC(C)C. The second-order valence-electron chi connectivity index (χ2n) is 7.40. The number of hydrogen-bond donors (Lipinski definition) is 0. The summed E-state index contributed by atoms with van der Waals surface area (Å²) >= 11 is 0. The first-order valence-corrected chi connectivity index (χ1v) is 10.9. The van der Waals surface area contributed by atoms with Crippen LogP contribution in [-0.2, 0) is 32.2 Å². The van der Waals surface area contributed by atoms with Crippen molar-refractivity contribution in [3.8, 4) is 0 Å². The molecule has 0 unspecified atom stereocenters. The number of rotatable bonds is 13. The molecule has 7 nitrogen and oxygen atoms in total. The first kappa shape index (κ1) is 25.9. The molecule has 0 aliphatic rings. The van der Waals surface area contributed by atoms with Gasteiger partial charge in [0.1, 0.15) is 0 Å². The fourth-order valence-electron chi connectivity index (χ4n) is 3.06. The predicted molar refractivity (Wildman–Crippen MR) is 103 cm³/mol. The first-order valence-electron chi connectivity index (χ1n) is 9.22. The van der Waals surface area contributed by atoms with Crippen molar-refractivity contribution in [2.45, 2.75) is 97.9 Å². The van der Waals surface area contributed by atoms with Crippen LogP contribution in [0, 0.1) is 0 Å². The molecule has 0 bridgehead atoms. The Morgan fingerprint density at radius 1 is 0.538 bits per heavy atom. The summed E-state index contributed by atoms with van der Waals surface area (Å²) in [6, 6.07) is 0. The fraction of sp³-hybridized carbons (Fsp3) is 1.00. The Balaban J connectivity index is 6.78. The van der Waals surface area contributed by atoms with E-state index in [1.165, 1.54) is 21.3 Å². The van der Waals surface area contributed by atoms with Gasteiger partial charge in [0.15, 0.2) is 0 Å². The van der Waals surface area contributed by atoms with E-state index in [-0.39, 0.29) is 24.4 Å². The summed E-state index contributed by atoms with van der Waals surface area (Å²) in [6.07, 6.45) is -0.789. The lowest BCUT2D eigenvalue weighted by atomic mass is 10.2. The standard InChI is InChI=1S/C18H40O7Si/c1-13(2)22-17(9,23-14(3)4)18(24-15(5)6,25-16(7)8)26(19-10,20-11)21-12/h13-16H,1-12H3. The molecular weight excluding hydrogens is 356 g/mol. The molecule has 0 atom stereocenters. The molecule has 0 radical (unpaired) electrons. The van der Waals surface area contributed by atoms with Crippen molar-refractivity contribution in [3.63, 3.8) is 0 Å². The maximum Gasteiger partial charge on any atom is 0.569 e. The topological polar surface area (TPSA) is 64.6 Å². The van der Waals surface area contributed by atoms with Gasteiger partial charge in [0.25, 0.3) is 5.41 Å². The molecule has 0 aromatic rings. The summed E-state index contributed by atoms with van der Waals surface area (Å²) in [4.78, 5) is 0. The molecule has 0 fully saturated rings. The van der Waals surface area contributed by atoms with Crippen LogP contribution in [0.2, 0.25) is 0 Å². The third-order valence-electron chi connectivity index (χ3n) is 3.53. The maximum absolute atomic E-state index is 6.37. The summed E-state index contributed by atoms with van der Waals surface area (Å²) in [5.74, 6) is -1.35. The maximum atomic E-state index is 6.37. The van der Waals surface area contributed by atoms with Crippen LogP contribution in [0.15, 0.2) is 0 Å². The Morgan fingerprint density at radius 3 is 1.00 bits per heavy atom. The molecule has 0 saturated heterocycles. The van der Waals surface area contributed by atoms with Gasteiger partial charge in [0.2, 0.25) is 5.79 Å². The van der Waals surface area contributed by atoms with Crippen molar-refractivity contribution in [3.05, 3.63) is 0 Å². The van der Waals surface area contributed by atoms with E-state index in [2.05, 4.69) is 0 Å². The molecule has 0 N–H and O–H groups in total. The molecule has 0 aliphatic carbocycles. The highest BCUT2D eigenvalue weighted by molar-refractivity contribution is 6.63. The van der Waals surface area contributed by atoms with Crippen LogP contribution in [0.5, 0.6) is 0 Å². The van der Waals surface area contributed by atoms with E-state index >= 15 is 0 Å². The van der Waals surface area contributed by atoms with Gasteiger partial charge in [-0.25, -0.2) is 0 Å². The van der Waals surface area contributed by atoms with Crippen LogP contribution in [0.3, 0.4) is 0 Å². The predicted octanol–water partition coefficient (Wildman–Crippen LogP) is 3.52. The summed E-state index contributed by atoms with van der Waals surface area (Å²) in [5.41, 5.74) is -1.55. The van der Waals surface area contributed by atoms with Crippen molar-refractivity contribution in [1.29, 1.82) is 0 Å². The van der Waals surface area contributed by atoms with E-state index in [0.717, 1.165) is 0 Å². The second kappa shape index (κ2) is 10.5. The van der Waals surface area contributed by atoms with Crippen molar-refractivity contribution in [1.82, 2.24) is 0 Å². The van der Waals surface area contributed by atoms with E-state index < -0.39 is 20.0 Å². The highest BCUT2D eigenvalue weighted by atomic mass is 28.4. The van der Waals surface area contributed by atoms with Gasteiger partial charge in [0, 0.05) is 21.3 Å². The Kier molecular flexibility index (Phi) is 10.4. The van der Waals surface area contributed by atoms with Gasteiger partial charge in [-0.2, -0.15) is 0 Å². The normalized spacial score (nSPS) is 14.3. The van der Waals surface area contributed by atoms with E-state index in [9.17, 15) is 0 Å². The fourth-order valence-corrected chi connectivity index (χ4v) is 5.80. The van der Waals surface area contributed by atoms with Crippen molar-refractivity contribution < 1.29 is 32.2 Å². The number of hydrogen-bond acceptors (Lipinski definition) is 7. The zero-order chi connectivity index (χ0) is 20.8. The monoisotopic (exact) mass is 396 g/mol. The molecule has 0 spiro atoms. The van der Waals surface area contributed by atoms with Crippen molar-refractivity contribution in [2.75, 3.05) is 21.3 Å². The van der Waals surface area contributed by atoms with Gasteiger partial charge in [-0.05, 0) is 62.3 Å². The quantitative estimate of drug-likeness (QED) is 0.349. The zero-order valence-electron chi connectivity index (χ0n) is 18.7. The van der Waals surface area contributed by atoms with Crippen LogP contribution in [0.4, 0.5) is 0 Å². The Hall–Kier alpha value is -0.0631. The van der Waals surface area contributed by atoms with Crippen LogP contribution in [0.1, 0.15) is 62.3 Å². The third kappa shape index (κ3) is 5.72. The number of ether oxygens (including phenoxy) is 4. The van der Waals surface area contributed by atoms with Crippen LogP contribution >= 0.6 is 0 Å². The van der Waals surface area contributed by atoms with Crippen LogP contribution in [0.25, 0.3) is 0 Å². The zero-order valence-corrected chi connectivity index (χ0v) is 19.7. The molecule has 0 aliphatic heterocycles. The van der Waals surface area contributed by atoms with Gasteiger partial charge in [-0.1, -0.05) is 0 Å². The first-order chi connectivity index (χ1) is 11.8. The lowest BCUT2D eigenvalue weighted by Crippen LogP contribution is -2.78. The third-order valence-corrected chi connectivity index (χ3v) is 6.64. The lowest BCUT2D eigenvalue weighted by Gasteiger charge is -2.53. The second-order valence-corrected chi connectivity index (χ2v) is 10.4. The molecule has 8 heteroatoms. The van der Waals surface area contributed by atoms with E-state index in [1.807, 2.05) is 55.4 Å². The van der Waals surface area contributed by atoms with E-state index in [0.29, 0.717) is 0 Å². The molecule has 0 aromatic heterocycles. The molecule has 0 saturated carbocycles. The molecule has 0 heterocycles. The van der Waals surface area contributed by atoms with Gasteiger partial charge in [-0.3, -0.25) is 0 Å². The van der Waals surface area contributed by atoms with E-state index in [1.54, 1.807) is 6.92 Å². The smallest absolute Gasteiger partial charge is 0.374 e. The summed E-state index contributed by atoms with van der Waals surface area (Å²) < 4.78 is 42.6. The molecule has 0 aromatic carbocycles. The average molecular weight is 397 g/mol. The van der Waals surface area contributed by atoms with E-state index in [4.69, 9.17) is 32.2 Å². The van der Waals surface area contributed by atoms with Crippen LogP contribution < -0.4 is 0 Å². The molecule has 0 amide bonds.